The first kappa shape index (κ1) is 12.4. The Morgan fingerprint density at radius 1 is 1.41 bits per heavy atom. The van der Waals surface area contributed by atoms with Gasteiger partial charge in [0.05, 0.1) is 5.60 Å². The van der Waals surface area contributed by atoms with E-state index in [1.54, 1.807) is 6.20 Å². The average Bonchev–Trinajstić information content (AvgIpc) is 2.29. The lowest BCUT2D eigenvalue weighted by Gasteiger charge is -2.38. The molecular formula is C14H21N2O. The Bertz CT molecular complexity index is 376. The van der Waals surface area contributed by atoms with Gasteiger partial charge >= 0.3 is 0 Å². The normalized spacial score (nSPS) is 18.5. The first-order chi connectivity index (χ1) is 7.98. The van der Waals surface area contributed by atoms with Crippen molar-refractivity contribution in [3.63, 3.8) is 0 Å². The van der Waals surface area contributed by atoms with Crippen molar-refractivity contribution in [1.82, 2.24) is 4.98 Å². The van der Waals surface area contributed by atoms with Crippen LogP contribution in [0.5, 0.6) is 0 Å². The van der Waals surface area contributed by atoms with Gasteiger partial charge in [-0.25, -0.2) is 4.98 Å². The molecule has 2 rings (SSSR count). The Hall–Kier alpha value is -1.09. The number of pyridine rings is 1. The third-order valence-electron chi connectivity index (χ3n) is 3.71. The summed E-state index contributed by atoms with van der Waals surface area (Å²) in [5.41, 5.74) is 0.619. The van der Waals surface area contributed by atoms with Crippen molar-refractivity contribution in [2.24, 2.45) is 5.92 Å². The molecule has 0 aliphatic carbocycles. The third-order valence-corrected chi connectivity index (χ3v) is 3.71. The fourth-order valence-electron chi connectivity index (χ4n) is 2.56. The fourth-order valence-corrected chi connectivity index (χ4v) is 2.56. The second-order valence-corrected chi connectivity index (χ2v) is 5.49. The molecule has 1 aliphatic heterocycles. The van der Waals surface area contributed by atoms with Crippen molar-refractivity contribution in [1.29, 1.82) is 0 Å². The molecule has 2 heterocycles. The largest absolute Gasteiger partial charge is 0.390 e. The summed E-state index contributed by atoms with van der Waals surface area (Å²) in [6, 6.07) is 4.97. The summed E-state index contributed by atoms with van der Waals surface area (Å²) >= 11 is 0. The van der Waals surface area contributed by atoms with Crippen LogP contribution in [0.4, 0.5) is 5.82 Å². The van der Waals surface area contributed by atoms with Crippen molar-refractivity contribution >= 4 is 5.82 Å². The number of piperidine rings is 1. The highest BCUT2D eigenvalue weighted by Crippen LogP contribution is 2.30. The molecule has 17 heavy (non-hydrogen) atoms. The maximum Gasteiger partial charge on any atom is 0.131 e. The van der Waals surface area contributed by atoms with E-state index in [4.69, 9.17) is 0 Å². The van der Waals surface area contributed by atoms with Crippen molar-refractivity contribution in [3.8, 4) is 0 Å². The fraction of sp³-hybridized carbons (Fsp3) is 0.643. The van der Waals surface area contributed by atoms with Gasteiger partial charge in [-0.2, -0.15) is 0 Å². The number of aryl methyl sites for hydroxylation is 1. The number of hydrogen-bond donors (Lipinski definition) is 1. The number of aromatic nitrogens is 1. The summed E-state index contributed by atoms with van der Waals surface area (Å²) in [5, 5.41) is 10.0. The van der Waals surface area contributed by atoms with Crippen LogP contribution >= 0.6 is 0 Å². The number of anilines is 1. The summed E-state index contributed by atoms with van der Waals surface area (Å²) < 4.78 is 0. The monoisotopic (exact) mass is 233 g/mol. The van der Waals surface area contributed by atoms with Crippen molar-refractivity contribution in [2.45, 2.75) is 39.2 Å². The first-order valence-electron chi connectivity index (χ1n) is 6.28. The minimum atomic E-state index is -0.557. The molecule has 1 radical (unpaired) electrons. The Morgan fingerprint density at radius 2 is 2.06 bits per heavy atom. The van der Waals surface area contributed by atoms with Crippen molar-refractivity contribution in [3.05, 3.63) is 23.9 Å². The zero-order chi connectivity index (χ0) is 12.5. The predicted molar refractivity (Wildman–Crippen MR) is 69.0 cm³/mol. The standard InChI is InChI=1S/C14H21N2O/c1-11-5-4-8-15-13(11)16-9-6-12(7-10-16)14(2,3)17/h5,8,12,17H,6-7,9-10H2,1-3H3. The summed E-state index contributed by atoms with van der Waals surface area (Å²) in [6.45, 7) is 7.85. The number of rotatable bonds is 2. The third kappa shape index (κ3) is 2.78. The minimum absolute atomic E-state index is 0.398. The van der Waals surface area contributed by atoms with Gasteiger partial charge in [0.2, 0.25) is 0 Å². The SMILES string of the molecule is Cc1c[c]cnc1N1CCC(C(C)(C)O)CC1. The lowest BCUT2D eigenvalue weighted by Crippen LogP contribution is -2.42. The second-order valence-electron chi connectivity index (χ2n) is 5.49. The summed E-state index contributed by atoms with van der Waals surface area (Å²) in [4.78, 5) is 6.71. The molecule has 1 saturated heterocycles. The molecule has 0 atom stereocenters. The molecule has 0 spiro atoms. The van der Waals surface area contributed by atoms with Crippen LogP contribution in [0.3, 0.4) is 0 Å². The van der Waals surface area contributed by atoms with E-state index >= 15 is 0 Å². The van der Waals surface area contributed by atoms with Crippen molar-refractivity contribution < 1.29 is 5.11 Å². The summed E-state index contributed by atoms with van der Waals surface area (Å²) in [7, 11) is 0. The van der Waals surface area contributed by atoms with E-state index in [0.29, 0.717) is 5.92 Å². The molecule has 93 valence electrons. The maximum atomic E-state index is 10.0. The zero-order valence-electron chi connectivity index (χ0n) is 10.9. The molecule has 0 saturated carbocycles. The van der Waals surface area contributed by atoms with Crippen molar-refractivity contribution in [2.75, 3.05) is 18.0 Å². The van der Waals surface area contributed by atoms with Crippen LogP contribution in [-0.2, 0) is 0 Å². The molecule has 1 fully saturated rings. The summed E-state index contributed by atoms with van der Waals surface area (Å²) in [5.74, 6) is 1.47. The Labute approximate surface area is 103 Å². The van der Waals surface area contributed by atoms with E-state index in [-0.39, 0.29) is 0 Å². The Balaban J connectivity index is 2.03. The van der Waals surface area contributed by atoms with E-state index in [9.17, 15) is 5.11 Å². The highest BCUT2D eigenvalue weighted by molar-refractivity contribution is 5.45. The van der Waals surface area contributed by atoms with E-state index in [1.807, 2.05) is 19.9 Å². The highest BCUT2D eigenvalue weighted by Gasteiger charge is 2.31. The molecule has 1 N–H and O–H groups in total. The molecule has 1 aliphatic rings. The van der Waals surface area contributed by atoms with E-state index in [2.05, 4.69) is 22.9 Å². The van der Waals surface area contributed by atoms with Crippen LogP contribution in [-0.4, -0.2) is 28.8 Å². The quantitative estimate of drug-likeness (QED) is 0.850. The van der Waals surface area contributed by atoms with E-state index in [1.165, 1.54) is 5.56 Å². The van der Waals surface area contributed by atoms with Crippen LogP contribution < -0.4 is 4.90 Å². The van der Waals surface area contributed by atoms with Gasteiger partial charge in [-0.1, -0.05) is 0 Å². The molecule has 0 aromatic carbocycles. The molecule has 3 heteroatoms. The molecule has 1 aromatic heterocycles. The average molecular weight is 233 g/mol. The second kappa shape index (κ2) is 4.65. The van der Waals surface area contributed by atoms with Crippen LogP contribution in [0, 0.1) is 18.9 Å². The van der Waals surface area contributed by atoms with Gasteiger partial charge in [0.25, 0.3) is 0 Å². The van der Waals surface area contributed by atoms with Crippen LogP contribution in [0.15, 0.2) is 12.3 Å². The molecular weight excluding hydrogens is 212 g/mol. The molecule has 0 amide bonds. The molecule has 3 nitrogen and oxygen atoms in total. The number of nitrogens with zero attached hydrogens (tertiary/aromatic N) is 2. The van der Waals surface area contributed by atoms with Gasteiger partial charge in [0.15, 0.2) is 0 Å². The molecule has 1 aromatic rings. The number of aliphatic hydroxyl groups is 1. The molecule has 0 bridgehead atoms. The summed E-state index contributed by atoms with van der Waals surface area (Å²) in [6.07, 6.45) is 3.79. The van der Waals surface area contributed by atoms with Gasteiger partial charge in [0, 0.05) is 25.4 Å². The van der Waals surface area contributed by atoms with Gasteiger partial charge in [0.1, 0.15) is 5.82 Å². The zero-order valence-corrected chi connectivity index (χ0v) is 10.9. The van der Waals surface area contributed by atoms with Gasteiger partial charge in [-0.05, 0) is 51.2 Å². The van der Waals surface area contributed by atoms with E-state index < -0.39 is 5.60 Å². The molecule has 0 unspecified atom stereocenters. The van der Waals surface area contributed by atoms with Crippen LogP contribution in [0.25, 0.3) is 0 Å². The van der Waals surface area contributed by atoms with Crippen LogP contribution in [0.1, 0.15) is 32.3 Å². The smallest absolute Gasteiger partial charge is 0.131 e. The van der Waals surface area contributed by atoms with Gasteiger partial charge in [-0.15, -0.1) is 0 Å². The Kier molecular flexibility index (Phi) is 3.38. The predicted octanol–water partition coefficient (Wildman–Crippen LogP) is 2.18. The highest BCUT2D eigenvalue weighted by atomic mass is 16.3. The number of hydrogen-bond acceptors (Lipinski definition) is 3. The minimum Gasteiger partial charge on any atom is -0.390 e. The lowest BCUT2D eigenvalue weighted by molar-refractivity contribution is 0.00645. The van der Waals surface area contributed by atoms with E-state index in [0.717, 1.165) is 31.7 Å². The lowest BCUT2D eigenvalue weighted by atomic mass is 9.83. The topological polar surface area (TPSA) is 36.4 Å². The van der Waals surface area contributed by atoms with Crippen LogP contribution in [0.2, 0.25) is 0 Å². The Morgan fingerprint density at radius 3 is 2.59 bits per heavy atom. The van der Waals surface area contributed by atoms with Gasteiger partial charge < -0.3 is 10.0 Å². The first-order valence-corrected chi connectivity index (χ1v) is 6.28. The van der Waals surface area contributed by atoms with Gasteiger partial charge in [-0.3, -0.25) is 0 Å². The maximum absolute atomic E-state index is 10.0.